The first-order chi connectivity index (χ1) is 9.54. The van der Waals surface area contributed by atoms with Crippen LogP contribution in [0.15, 0.2) is 34.4 Å². The Hall–Kier alpha value is -2.70. The molecule has 1 aromatic carbocycles. The first kappa shape index (κ1) is 13.7. The van der Waals surface area contributed by atoms with E-state index in [-0.39, 0.29) is 12.4 Å². The predicted octanol–water partition coefficient (Wildman–Crippen LogP) is 0.248. The summed E-state index contributed by atoms with van der Waals surface area (Å²) in [6, 6.07) is 6.83. The molecule has 1 heterocycles. The van der Waals surface area contributed by atoms with Crippen LogP contribution in [0.3, 0.4) is 0 Å². The second-order valence-electron chi connectivity index (χ2n) is 4.36. The summed E-state index contributed by atoms with van der Waals surface area (Å²) < 4.78 is 0. The number of guanidine groups is 1. The minimum Gasteiger partial charge on any atom is -0.481 e. The van der Waals surface area contributed by atoms with Gasteiger partial charge in [-0.25, -0.2) is 10.4 Å². The third-order valence-electron chi connectivity index (χ3n) is 2.66. The number of rotatable bonds is 4. The maximum absolute atomic E-state index is 11.4. The zero-order valence-corrected chi connectivity index (χ0v) is 10.8. The molecule has 1 unspecified atom stereocenters. The smallest absolute Gasteiger partial charge is 0.306 e. The lowest BCUT2D eigenvalue weighted by Gasteiger charge is -1.98. The van der Waals surface area contributed by atoms with Crippen LogP contribution >= 0.6 is 0 Å². The van der Waals surface area contributed by atoms with E-state index in [0.717, 1.165) is 11.1 Å². The van der Waals surface area contributed by atoms with E-state index in [4.69, 9.17) is 5.11 Å². The van der Waals surface area contributed by atoms with Crippen molar-refractivity contribution in [2.75, 3.05) is 0 Å². The van der Waals surface area contributed by atoms with Gasteiger partial charge in [-0.15, -0.1) is 0 Å². The van der Waals surface area contributed by atoms with Crippen LogP contribution in [-0.4, -0.2) is 35.2 Å². The van der Waals surface area contributed by atoms with Gasteiger partial charge in [0.05, 0.1) is 12.6 Å². The van der Waals surface area contributed by atoms with Crippen LogP contribution in [0.4, 0.5) is 0 Å². The number of benzene rings is 1. The van der Waals surface area contributed by atoms with Crippen molar-refractivity contribution < 1.29 is 14.7 Å². The number of aliphatic carboxylic acids is 1. The number of amides is 1. The molecule has 0 bridgehead atoms. The molecule has 0 fully saturated rings. The van der Waals surface area contributed by atoms with E-state index in [1.54, 1.807) is 6.21 Å². The van der Waals surface area contributed by atoms with Gasteiger partial charge in [-0.3, -0.25) is 14.9 Å². The van der Waals surface area contributed by atoms with Gasteiger partial charge in [0.2, 0.25) is 5.96 Å². The Morgan fingerprint density at radius 1 is 1.50 bits per heavy atom. The van der Waals surface area contributed by atoms with Crippen LogP contribution in [0.2, 0.25) is 0 Å². The predicted molar refractivity (Wildman–Crippen MR) is 73.5 cm³/mol. The lowest BCUT2D eigenvalue weighted by atomic mass is 10.2. The maximum atomic E-state index is 11.4. The number of hydrogen-bond acceptors (Lipinski definition) is 5. The second-order valence-corrected chi connectivity index (χ2v) is 4.36. The van der Waals surface area contributed by atoms with Gasteiger partial charge in [0, 0.05) is 0 Å². The summed E-state index contributed by atoms with van der Waals surface area (Å²) in [5.74, 6) is -1.36. The number of carboxylic acids is 1. The monoisotopic (exact) mass is 274 g/mol. The quantitative estimate of drug-likeness (QED) is 0.540. The SMILES string of the molecule is Cc1ccc(/C=N/NC2=NC(CC(=O)O)C(=O)N2)cc1. The van der Waals surface area contributed by atoms with Gasteiger partial charge in [-0.2, -0.15) is 5.10 Å². The van der Waals surface area contributed by atoms with Gasteiger partial charge >= 0.3 is 5.97 Å². The molecule has 2 rings (SSSR count). The highest BCUT2D eigenvalue weighted by Gasteiger charge is 2.28. The molecule has 20 heavy (non-hydrogen) atoms. The highest BCUT2D eigenvalue weighted by molar-refractivity contribution is 6.06. The van der Waals surface area contributed by atoms with Gasteiger partial charge in [-0.05, 0) is 12.5 Å². The van der Waals surface area contributed by atoms with Crippen molar-refractivity contribution in [3.63, 3.8) is 0 Å². The fourth-order valence-corrected chi connectivity index (χ4v) is 1.63. The third-order valence-corrected chi connectivity index (χ3v) is 2.66. The summed E-state index contributed by atoms with van der Waals surface area (Å²) in [5, 5.41) is 15.0. The molecule has 1 amide bonds. The van der Waals surface area contributed by atoms with Crippen LogP contribution in [0, 0.1) is 6.92 Å². The lowest BCUT2D eigenvalue weighted by Crippen LogP contribution is -2.35. The maximum Gasteiger partial charge on any atom is 0.306 e. The Morgan fingerprint density at radius 3 is 2.85 bits per heavy atom. The topological polar surface area (TPSA) is 103 Å². The van der Waals surface area contributed by atoms with Crippen molar-refractivity contribution in [1.82, 2.24) is 10.7 Å². The molecule has 0 radical (unpaired) electrons. The van der Waals surface area contributed by atoms with Crippen molar-refractivity contribution in [2.45, 2.75) is 19.4 Å². The van der Waals surface area contributed by atoms with E-state index in [9.17, 15) is 9.59 Å². The molecule has 7 nitrogen and oxygen atoms in total. The van der Waals surface area contributed by atoms with E-state index in [1.165, 1.54) is 0 Å². The number of carboxylic acid groups (broad SMARTS) is 1. The normalized spacial score (nSPS) is 17.9. The molecular weight excluding hydrogens is 260 g/mol. The van der Waals surface area contributed by atoms with E-state index >= 15 is 0 Å². The molecule has 1 aliphatic rings. The van der Waals surface area contributed by atoms with Crippen LogP contribution in [0.1, 0.15) is 17.5 Å². The summed E-state index contributed by atoms with van der Waals surface area (Å²) in [4.78, 5) is 25.8. The molecule has 1 aliphatic heterocycles. The van der Waals surface area contributed by atoms with Crippen LogP contribution in [0.5, 0.6) is 0 Å². The van der Waals surface area contributed by atoms with E-state index < -0.39 is 17.9 Å². The highest BCUT2D eigenvalue weighted by atomic mass is 16.4. The summed E-state index contributed by atoms with van der Waals surface area (Å²) in [6.07, 6.45) is 1.25. The zero-order valence-electron chi connectivity index (χ0n) is 10.8. The van der Waals surface area contributed by atoms with Crippen molar-refractivity contribution in [2.24, 2.45) is 10.1 Å². The molecule has 0 saturated carbocycles. The molecule has 0 spiro atoms. The number of nitrogens with zero attached hydrogens (tertiary/aromatic N) is 2. The van der Waals surface area contributed by atoms with Gasteiger partial charge in [0.25, 0.3) is 5.91 Å². The fourth-order valence-electron chi connectivity index (χ4n) is 1.63. The number of carbonyl (C=O) groups is 2. The van der Waals surface area contributed by atoms with Gasteiger partial charge in [0.15, 0.2) is 0 Å². The number of aryl methyl sites for hydroxylation is 1. The van der Waals surface area contributed by atoms with Gasteiger partial charge in [-0.1, -0.05) is 29.8 Å². The minimum absolute atomic E-state index is 0.157. The number of carbonyl (C=O) groups excluding carboxylic acids is 1. The standard InChI is InChI=1S/C13H14N4O3/c1-8-2-4-9(5-3-8)7-14-17-13-15-10(6-11(18)19)12(20)16-13/h2-5,7,10H,6H2,1H3,(H,18,19)(H2,15,16,17,20)/b14-7+. The number of hydrogen-bond donors (Lipinski definition) is 3. The Morgan fingerprint density at radius 2 is 2.20 bits per heavy atom. The molecule has 1 atom stereocenters. The minimum atomic E-state index is -1.07. The molecule has 0 aliphatic carbocycles. The highest BCUT2D eigenvalue weighted by Crippen LogP contribution is 2.04. The van der Waals surface area contributed by atoms with E-state index in [0.29, 0.717) is 0 Å². The van der Waals surface area contributed by atoms with Crippen molar-refractivity contribution in [3.05, 3.63) is 35.4 Å². The summed E-state index contributed by atoms with van der Waals surface area (Å²) in [6.45, 7) is 1.99. The molecule has 7 heteroatoms. The van der Waals surface area contributed by atoms with E-state index in [2.05, 4.69) is 20.8 Å². The third kappa shape index (κ3) is 3.64. The van der Waals surface area contributed by atoms with Gasteiger partial charge < -0.3 is 5.11 Å². The molecule has 0 aromatic heterocycles. The molecular formula is C13H14N4O3. The summed E-state index contributed by atoms with van der Waals surface area (Å²) in [5.41, 5.74) is 4.62. The Bertz CT molecular complexity index is 578. The van der Waals surface area contributed by atoms with Crippen molar-refractivity contribution in [1.29, 1.82) is 0 Å². The molecule has 104 valence electrons. The van der Waals surface area contributed by atoms with Gasteiger partial charge in [0.1, 0.15) is 6.04 Å². The first-order valence-corrected chi connectivity index (χ1v) is 6.01. The second kappa shape index (κ2) is 5.96. The fraction of sp³-hybridized carbons (Fsp3) is 0.231. The Kier molecular flexibility index (Phi) is 4.09. The lowest BCUT2D eigenvalue weighted by molar-refractivity contribution is -0.139. The Labute approximate surface area is 115 Å². The van der Waals surface area contributed by atoms with Crippen LogP contribution in [0.25, 0.3) is 0 Å². The zero-order chi connectivity index (χ0) is 14.5. The van der Waals surface area contributed by atoms with Crippen LogP contribution < -0.4 is 10.7 Å². The molecule has 0 saturated heterocycles. The Balaban J connectivity index is 1.92. The summed E-state index contributed by atoms with van der Waals surface area (Å²) in [7, 11) is 0. The number of aliphatic imine (C=N–C) groups is 1. The van der Waals surface area contributed by atoms with Crippen molar-refractivity contribution >= 4 is 24.1 Å². The average molecular weight is 274 g/mol. The number of nitrogens with one attached hydrogen (secondary N) is 2. The van der Waals surface area contributed by atoms with Crippen molar-refractivity contribution in [3.8, 4) is 0 Å². The molecule has 3 N–H and O–H groups in total. The molecule has 1 aromatic rings. The number of hydrazone groups is 1. The first-order valence-electron chi connectivity index (χ1n) is 6.01. The van der Waals surface area contributed by atoms with Crippen LogP contribution in [-0.2, 0) is 9.59 Å². The average Bonchev–Trinajstić information content (AvgIpc) is 2.72. The van der Waals surface area contributed by atoms with E-state index in [1.807, 2.05) is 31.2 Å². The summed E-state index contributed by atoms with van der Waals surface area (Å²) >= 11 is 0. The largest absolute Gasteiger partial charge is 0.481 e.